The third-order valence-electron chi connectivity index (χ3n) is 24.9. The Hall–Kier alpha value is -9.18. The number of unbranched alkanes of at least 4 members (excludes halogenated alkanes) is 16. The van der Waals surface area contributed by atoms with Crippen molar-refractivity contribution in [2.75, 3.05) is 14.7 Å². The first kappa shape index (κ1) is 89.2. The van der Waals surface area contributed by atoms with Gasteiger partial charge < -0.3 is 14.7 Å². The van der Waals surface area contributed by atoms with Crippen molar-refractivity contribution in [3.63, 3.8) is 0 Å². The van der Waals surface area contributed by atoms with E-state index in [1.165, 1.54) is 318 Å². The number of hydrogen-bond acceptors (Lipinski definition) is 3. The van der Waals surface area contributed by atoms with Crippen LogP contribution in [-0.4, -0.2) is 0 Å². The van der Waals surface area contributed by atoms with E-state index in [0.717, 1.165) is 0 Å². The van der Waals surface area contributed by atoms with Gasteiger partial charge in [-0.2, -0.15) is 0 Å². The minimum absolute atomic E-state index is 0.0787. The van der Waals surface area contributed by atoms with Gasteiger partial charge in [-0.15, -0.1) is 0 Å². The van der Waals surface area contributed by atoms with E-state index in [1.807, 2.05) is 0 Å². The van der Waals surface area contributed by atoms with E-state index in [2.05, 4.69) is 364 Å². The highest BCUT2D eigenvalue weighted by Gasteiger charge is 2.43. The molecule has 3 nitrogen and oxygen atoms in total. The quantitative estimate of drug-likeness (QED) is 0.0367. The third-order valence-corrected chi connectivity index (χ3v) is 24.9. The average molecular weight is 1550 g/mol. The fourth-order valence-corrected chi connectivity index (χ4v) is 17.7. The standard InChI is InChI=1S/C57H68N2.C22H21N.C20H34.C14H22/c1-7-9-11-13-15-17-39-57(40-18-16-14-12-10-8-2)55-41-51(58(47-27-19-43(3)20-28-47)48-29-21-44(4)22-30-48)35-37-53(55)54-38-36-52(42-56(54)57)59(49-31-23-45(5)24-32-49)50-33-25-46(6)26-34-50;1-16-3-10-20(11-4-16)23(21-12-5-17(2)6-13-21)22-14-9-18-7-8-19(18)15-22;1-5-7-9-11-13-19-15-18(4)20(16-17(19)3)14-12-10-8-6-2;1-9(2)13-7-12(6)14(10(3)4)8-11(13)5/h19-38,41-42H,7-18,39-40H2,1-6H3;3-6,9-15H,7-8H2,1-2H3;15-16H,5-14H2,1-4H3;7-10H,1-6H3. The summed E-state index contributed by atoms with van der Waals surface area (Å²) in [6.07, 6.45) is 33.8. The Bertz CT molecular complexity index is 4430. The van der Waals surface area contributed by atoms with E-state index in [1.54, 1.807) is 11.1 Å². The minimum atomic E-state index is -0.0787. The number of aryl methyl sites for hydroxylation is 14. The minimum Gasteiger partial charge on any atom is -0.310 e. The molecule has 11 aromatic rings. The van der Waals surface area contributed by atoms with Crippen LogP contribution in [0.15, 0.2) is 224 Å². The van der Waals surface area contributed by atoms with Crippen molar-refractivity contribution in [3.05, 3.63) is 325 Å². The maximum Gasteiger partial charge on any atom is 0.0465 e. The summed E-state index contributed by atoms with van der Waals surface area (Å²) in [5.41, 5.74) is 39.4. The second-order valence-electron chi connectivity index (χ2n) is 35.3. The molecule has 2 aliphatic carbocycles. The molecular formula is C113H145N3. The van der Waals surface area contributed by atoms with Crippen molar-refractivity contribution in [2.24, 2.45) is 0 Å². The normalized spacial score (nSPS) is 12.2. The Morgan fingerprint density at radius 2 is 0.509 bits per heavy atom. The smallest absolute Gasteiger partial charge is 0.0465 e. The van der Waals surface area contributed by atoms with Crippen molar-refractivity contribution in [2.45, 2.75) is 309 Å². The first-order valence-electron chi connectivity index (χ1n) is 45.6. The van der Waals surface area contributed by atoms with Crippen LogP contribution in [0.1, 0.15) is 309 Å². The summed E-state index contributed by atoms with van der Waals surface area (Å²) in [6, 6.07) is 85.2. The Kier molecular flexibility index (Phi) is 34.1. The predicted molar refractivity (Wildman–Crippen MR) is 511 cm³/mol. The molecule has 0 spiro atoms. The van der Waals surface area contributed by atoms with Gasteiger partial charge in [0.1, 0.15) is 0 Å². The van der Waals surface area contributed by atoms with Gasteiger partial charge in [0.15, 0.2) is 0 Å². The summed E-state index contributed by atoms with van der Waals surface area (Å²) in [6.45, 7) is 40.3. The molecule has 13 rings (SSSR count). The summed E-state index contributed by atoms with van der Waals surface area (Å²) in [5.74, 6) is 1.27. The van der Waals surface area contributed by atoms with Crippen molar-refractivity contribution in [1.29, 1.82) is 0 Å². The maximum atomic E-state index is 2.60. The maximum absolute atomic E-state index is 2.60. The van der Waals surface area contributed by atoms with Crippen molar-refractivity contribution in [1.82, 2.24) is 0 Å². The van der Waals surface area contributed by atoms with Crippen LogP contribution < -0.4 is 14.7 Å². The second-order valence-corrected chi connectivity index (χ2v) is 35.3. The summed E-state index contributed by atoms with van der Waals surface area (Å²) in [7, 11) is 0. The predicted octanol–water partition coefficient (Wildman–Crippen LogP) is 34.6. The van der Waals surface area contributed by atoms with E-state index in [-0.39, 0.29) is 5.41 Å². The topological polar surface area (TPSA) is 9.72 Å². The number of rotatable bonds is 35. The third kappa shape index (κ3) is 24.0. The lowest BCUT2D eigenvalue weighted by atomic mass is 9.70. The lowest BCUT2D eigenvalue weighted by molar-refractivity contribution is 0.398. The Morgan fingerprint density at radius 1 is 0.250 bits per heavy atom. The molecule has 0 saturated carbocycles. The van der Waals surface area contributed by atoms with Crippen LogP contribution in [-0.2, 0) is 31.1 Å². The number of hydrogen-bond donors (Lipinski definition) is 0. The van der Waals surface area contributed by atoms with Crippen LogP contribution in [0.5, 0.6) is 0 Å². The summed E-state index contributed by atoms with van der Waals surface area (Å²) < 4.78 is 0. The molecule has 2 aliphatic rings. The van der Waals surface area contributed by atoms with Crippen molar-refractivity contribution >= 4 is 51.2 Å². The lowest BCUT2D eigenvalue weighted by Gasteiger charge is -2.35. The van der Waals surface area contributed by atoms with E-state index in [4.69, 9.17) is 0 Å². The molecule has 116 heavy (non-hydrogen) atoms. The summed E-state index contributed by atoms with van der Waals surface area (Å²) >= 11 is 0. The zero-order valence-electron chi connectivity index (χ0n) is 75.2. The highest BCUT2D eigenvalue weighted by molar-refractivity contribution is 5.89. The molecule has 0 aromatic heterocycles. The summed E-state index contributed by atoms with van der Waals surface area (Å²) in [4.78, 5) is 7.30. The number of benzene rings is 11. The summed E-state index contributed by atoms with van der Waals surface area (Å²) in [5, 5.41) is 0. The van der Waals surface area contributed by atoms with Crippen molar-refractivity contribution < 1.29 is 0 Å². The van der Waals surface area contributed by atoms with Crippen LogP contribution >= 0.6 is 0 Å². The van der Waals surface area contributed by atoms with Gasteiger partial charge in [0, 0.05) is 56.6 Å². The average Bonchev–Trinajstić information content (AvgIpc) is 1.56. The van der Waals surface area contributed by atoms with Crippen LogP contribution in [0, 0.1) is 69.2 Å². The van der Waals surface area contributed by atoms with Gasteiger partial charge in [-0.25, -0.2) is 0 Å². The van der Waals surface area contributed by atoms with Gasteiger partial charge in [0.2, 0.25) is 0 Å². The Labute approximate surface area is 705 Å². The molecule has 0 amide bonds. The molecule has 612 valence electrons. The van der Waals surface area contributed by atoms with E-state index in [0.29, 0.717) is 11.8 Å². The molecule has 0 bridgehead atoms. The van der Waals surface area contributed by atoms with Gasteiger partial charge in [0.25, 0.3) is 0 Å². The lowest BCUT2D eigenvalue weighted by Crippen LogP contribution is -2.26. The number of fused-ring (bicyclic) bond motifs is 4. The largest absolute Gasteiger partial charge is 0.310 e. The van der Waals surface area contributed by atoms with Crippen LogP contribution in [0.25, 0.3) is 11.1 Å². The molecule has 3 heteroatoms. The number of anilines is 9. The molecule has 0 heterocycles. The van der Waals surface area contributed by atoms with Gasteiger partial charge in [-0.1, -0.05) is 320 Å². The van der Waals surface area contributed by atoms with Crippen molar-refractivity contribution in [3.8, 4) is 11.1 Å². The highest BCUT2D eigenvalue weighted by atomic mass is 15.2. The van der Waals surface area contributed by atoms with Gasteiger partial charge in [-0.05, 0) is 320 Å². The molecule has 0 aliphatic heterocycles. The zero-order chi connectivity index (χ0) is 82.7. The molecule has 0 atom stereocenters. The molecule has 0 N–H and O–H groups in total. The van der Waals surface area contributed by atoms with E-state index in [9.17, 15) is 0 Å². The first-order valence-corrected chi connectivity index (χ1v) is 45.6. The monoisotopic (exact) mass is 1540 g/mol. The Morgan fingerprint density at radius 3 is 0.784 bits per heavy atom. The molecular weight excluding hydrogens is 1400 g/mol. The zero-order valence-corrected chi connectivity index (χ0v) is 75.2. The second kappa shape index (κ2) is 44.4. The first-order chi connectivity index (χ1) is 56.1. The van der Waals surface area contributed by atoms with Crippen LogP contribution in [0.4, 0.5) is 51.2 Å². The van der Waals surface area contributed by atoms with Crippen LogP contribution in [0.3, 0.4) is 0 Å². The van der Waals surface area contributed by atoms with Gasteiger partial charge >= 0.3 is 0 Å². The molecule has 11 aromatic carbocycles. The molecule has 0 radical (unpaired) electrons. The number of nitrogens with zero attached hydrogens (tertiary/aromatic N) is 3. The fraction of sp³-hybridized carbons (Fsp3) is 0.416. The van der Waals surface area contributed by atoms with E-state index >= 15 is 0 Å². The van der Waals surface area contributed by atoms with E-state index < -0.39 is 0 Å². The Balaban J connectivity index is 0.000000201. The molecule has 0 fully saturated rings. The highest BCUT2D eigenvalue weighted by Crippen LogP contribution is 2.57. The SMILES string of the molecule is CCCCCCCCC1(CCCCCCCC)c2cc(N(c3ccc(C)cc3)c3ccc(C)cc3)ccc2-c2ccc(N(c3ccc(C)cc3)c3ccc(C)cc3)cc21.CCCCCCc1cc(C)c(CCCCCC)cc1C.Cc1cc(C(C)C)c(C)cc1C(C)C.Cc1ccc(N(c2ccc(C)cc2)c2ccc3c(c2)CC3)cc1. The van der Waals surface area contributed by atoms with Gasteiger partial charge in [-0.3, -0.25) is 0 Å². The molecule has 0 saturated heterocycles. The van der Waals surface area contributed by atoms with Crippen LogP contribution in [0.2, 0.25) is 0 Å². The van der Waals surface area contributed by atoms with Gasteiger partial charge in [0.05, 0.1) is 0 Å². The fourth-order valence-electron chi connectivity index (χ4n) is 17.7. The molecule has 0 unspecified atom stereocenters.